The number of hydrogen-bond acceptors (Lipinski definition) is 2. The minimum atomic E-state index is 0.0308. The smallest absolute Gasteiger partial charge is 0.0156 e. The van der Waals surface area contributed by atoms with Crippen molar-refractivity contribution in [3.63, 3.8) is 0 Å². The van der Waals surface area contributed by atoms with Gasteiger partial charge in [0, 0.05) is 5.54 Å². The highest BCUT2D eigenvalue weighted by Gasteiger charge is 2.21. The van der Waals surface area contributed by atoms with Crippen molar-refractivity contribution in [2.45, 2.75) is 32.7 Å². The molecule has 62 valence electrons. The molecule has 0 rings (SSSR count). The summed E-state index contributed by atoms with van der Waals surface area (Å²) in [7, 11) is 0. The molecular weight excluding hydrogens is 142 g/mol. The van der Waals surface area contributed by atoms with Crippen molar-refractivity contribution in [2.24, 2.45) is 11.7 Å². The van der Waals surface area contributed by atoms with Gasteiger partial charge in [-0.15, -0.1) is 0 Å². The zero-order chi connectivity index (χ0) is 8.20. The number of thioether (sulfide) groups is 1. The summed E-state index contributed by atoms with van der Waals surface area (Å²) in [6, 6.07) is 0. The number of nitrogens with two attached hydrogens (primary N) is 1. The first-order valence-corrected chi connectivity index (χ1v) is 5.18. The second-order valence-corrected chi connectivity index (χ2v) is 4.39. The van der Waals surface area contributed by atoms with E-state index in [1.807, 2.05) is 11.8 Å². The summed E-state index contributed by atoms with van der Waals surface area (Å²) >= 11 is 1.87. The molecule has 0 aliphatic heterocycles. The zero-order valence-corrected chi connectivity index (χ0v) is 8.29. The van der Waals surface area contributed by atoms with Crippen molar-refractivity contribution in [2.75, 3.05) is 12.0 Å². The van der Waals surface area contributed by atoms with Gasteiger partial charge < -0.3 is 5.73 Å². The van der Waals surface area contributed by atoms with Crippen LogP contribution < -0.4 is 5.73 Å². The van der Waals surface area contributed by atoms with Crippen LogP contribution in [0.4, 0.5) is 0 Å². The van der Waals surface area contributed by atoms with Gasteiger partial charge in [-0.1, -0.05) is 13.8 Å². The lowest BCUT2D eigenvalue weighted by Gasteiger charge is -2.28. The highest BCUT2D eigenvalue weighted by molar-refractivity contribution is 7.98. The molecule has 0 amide bonds. The third-order valence-corrected chi connectivity index (χ3v) is 2.78. The molecule has 0 unspecified atom stereocenters. The second kappa shape index (κ2) is 4.24. The normalized spacial score (nSPS) is 17.4. The largest absolute Gasteiger partial charge is 0.325 e. The molecule has 2 heteroatoms. The van der Waals surface area contributed by atoms with Gasteiger partial charge in [0.05, 0.1) is 0 Å². The molecule has 0 aromatic heterocycles. The molecule has 10 heavy (non-hydrogen) atoms. The third kappa shape index (κ3) is 3.47. The van der Waals surface area contributed by atoms with Crippen molar-refractivity contribution in [1.82, 2.24) is 0 Å². The van der Waals surface area contributed by atoms with Gasteiger partial charge in [-0.3, -0.25) is 0 Å². The summed E-state index contributed by atoms with van der Waals surface area (Å²) in [6.45, 7) is 6.49. The fourth-order valence-electron chi connectivity index (χ4n) is 0.611. The minimum absolute atomic E-state index is 0.0308. The Kier molecular flexibility index (Phi) is 4.37. The van der Waals surface area contributed by atoms with Gasteiger partial charge in [0.25, 0.3) is 0 Å². The van der Waals surface area contributed by atoms with E-state index in [0.29, 0.717) is 5.92 Å². The number of hydrogen-bond donors (Lipinski definition) is 1. The van der Waals surface area contributed by atoms with E-state index in [9.17, 15) is 0 Å². The average Bonchev–Trinajstić information content (AvgIpc) is 1.84. The van der Waals surface area contributed by atoms with Crippen molar-refractivity contribution in [1.29, 1.82) is 0 Å². The molecule has 0 bridgehead atoms. The van der Waals surface area contributed by atoms with Gasteiger partial charge >= 0.3 is 0 Å². The first-order chi connectivity index (χ1) is 4.50. The van der Waals surface area contributed by atoms with Crippen LogP contribution >= 0.6 is 11.8 Å². The van der Waals surface area contributed by atoms with Gasteiger partial charge in [0.2, 0.25) is 0 Å². The van der Waals surface area contributed by atoms with Gasteiger partial charge in [-0.25, -0.2) is 0 Å². The predicted molar refractivity (Wildman–Crippen MR) is 50.4 cm³/mol. The summed E-state index contributed by atoms with van der Waals surface area (Å²) < 4.78 is 0. The highest BCUT2D eigenvalue weighted by Crippen LogP contribution is 2.18. The monoisotopic (exact) mass is 161 g/mol. The predicted octanol–water partition coefficient (Wildman–Crippen LogP) is 2.11. The maximum atomic E-state index is 6.03. The minimum Gasteiger partial charge on any atom is -0.325 e. The van der Waals surface area contributed by atoms with Crippen LogP contribution in [-0.4, -0.2) is 17.5 Å². The van der Waals surface area contributed by atoms with Crippen LogP contribution in [0, 0.1) is 5.92 Å². The summed E-state index contributed by atoms with van der Waals surface area (Å²) in [5.41, 5.74) is 6.06. The number of rotatable bonds is 4. The van der Waals surface area contributed by atoms with E-state index in [1.165, 1.54) is 5.75 Å². The van der Waals surface area contributed by atoms with Crippen LogP contribution in [0.1, 0.15) is 27.2 Å². The first kappa shape index (κ1) is 10.3. The van der Waals surface area contributed by atoms with Crippen molar-refractivity contribution < 1.29 is 0 Å². The molecule has 0 fully saturated rings. The van der Waals surface area contributed by atoms with E-state index in [-0.39, 0.29) is 5.54 Å². The molecular formula is C8H19NS. The van der Waals surface area contributed by atoms with E-state index < -0.39 is 0 Å². The van der Waals surface area contributed by atoms with Crippen LogP contribution in [0.2, 0.25) is 0 Å². The van der Waals surface area contributed by atoms with E-state index in [1.54, 1.807) is 0 Å². The first-order valence-electron chi connectivity index (χ1n) is 3.78. The van der Waals surface area contributed by atoms with E-state index in [0.717, 1.165) is 6.42 Å². The van der Waals surface area contributed by atoms with Crippen LogP contribution in [0.3, 0.4) is 0 Å². The molecule has 0 heterocycles. The molecule has 0 saturated carbocycles. The summed E-state index contributed by atoms with van der Waals surface area (Å²) in [4.78, 5) is 0. The average molecular weight is 161 g/mol. The molecule has 0 aliphatic carbocycles. The Labute approximate surface area is 68.8 Å². The quantitative estimate of drug-likeness (QED) is 0.683. The SMILES string of the molecule is CSCC[C@](C)(N)C(C)C. The van der Waals surface area contributed by atoms with Crippen molar-refractivity contribution in [3.8, 4) is 0 Å². The Morgan fingerprint density at radius 2 is 2.00 bits per heavy atom. The van der Waals surface area contributed by atoms with E-state index in [4.69, 9.17) is 5.73 Å². The maximum Gasteiger partial charge on any atom is 0.0156 e. The molecule has 1 nitrogen and oxygen atoms in total. The fourth-order valence-corrected chi connectivity index (χ4v) is 1.25. The van der Waals surface area contributed by atoms with Gasteiger partial charge in [0.1, 0.15) is 0 Å². The molecule has 0 saturated heterocycles. The molecule has 0 aromatic rings. The lowest BCUT2D eigenvalue weighted by molar-refractivity contribution is 0.332. The Hall–Kier alpha value is 0.310. The van der Waals surface area contributed by atoms with Crippen LogP contribution in [0.25, 0.3) is 0 Å². The highest BCUT2D eigenvalue weighted by atomic mass is 32.2. The van der Waals surface area contributed by atoms with Gasteiger partial charge in [-0.05, 0) is 31.3 Å². The summed E-state index contributed by atoms with van der Waals surface area (Å²) in [6.07, 6.45) is 3.24. The fraction of sp³-hybridized carbons (Fsp3) is 1.00. The second-order valence-electron chi connectivity index (χ2n) is 3.40. The Morgan fingerprint density at radius 3 is 2.30 bits per heavy atom. The molecule has 0 aliphatic rings. The standard InChI is InChI=1S/C8H19NS/c1-7(2)8(3,9)5-6-10-4/h7H,5-6,9H2,1-4H3/t8-/m0/s1. The van der Waals surface area contributed by atoms with Crippen molar-refractivity contribution in [3.05, 3.63) is 0 Å². The Bertz CT molecular complexity index is 89.3. The molecule has 0 radical (unpaired) electrons. The topological polar surface area (TPSA) is 26.0 Å². The zero-order valence-electron chi connectivity index (χ0n) is 7.48. The lowest BCUT2D eigenvalue weighted by atomic mass is 9.87. The summed E-state index contributed by atoms with van der Waals surface area (Å²) in [5, 5.41) is 0. The lowest BCUT2D eigenvalue weighted by Crippen LogP contribution is -2.42. The third-order valence-electron chi connectivity index (χ3n) is 2.16. The Balaban J connectivity index is 3.63. The van der Waals surface area contributed by atoms with E-state index >= 15 is 0 Å². The maximum absolute atomic E-state index is 6.03. The Morgan fingerprint density at radius 1 is 1.50 bits per heavy atom. The molecule has 2 N–H and O–H groups in total. The van der Waals surface area contributed by atoms with E-state index in [2.05, 4.69) is 27.0 Å². The summed E-state index contributed by atoms with van der Waals surface area (Å²) in [5.74, 6) is 1.75. The van der Waals surface area contributed by atoms with Crippen molar-refractivity contribution >= 4 is 11.8 Å². The molecule has 0 spiro atoms. The van der Waals surface area contributed by atoms with Crippen LogP contribution in [0.5, 0.6) is 0 Å². The van der Waals surface area contributed by atoms with Crippen LogP contribution in [0.15, 0.2) is 0 Å². The van der Waals surface area contributed by atoms with Gasteiger partial charge in [0.15, 0.2) is 0 Å². The molecule has 0 aromatic carbocycles. The van der Waals surface area contributed by atoms with Crippen LogP contribution in [-0.2, 0) is 0 Å². The molecule has 1 atom stereocenters. The van der Waals surface area contributed by atoms with Gasteiger partial charge in [-0.2, -0.15) is 11.8 Å².